The van der Waals surface area contributed by atoms with Crippen LogP contribution in [0.15, 0.2) is 9.98 Å². The van der Waals surface area contributed by atoms with Gasteiger partial charge in [-0.25, -0.2) is 4.99 Å². The Kier molecular flexibility index (Phi) is 3.77. The number of nitrogens with zero attached hydrogens (tertiary/aromatic N) is 3. The summed E-state index contributed by atoms with van der Waals surface area (Å²) in [5.74, 6) is 1.48. The summed E-state index contributed by atoms with van der Waals surface area (Å²) in [6.07, 6.45) is -0.155. The lowest BCUT2D eigenvalue weighted by molar-refractivity contribution is 0.424. The molecule has 1 unspecified atom stereocenters. The van der Waals surface area contributed by atoms with Gasteiger partial charge < -0.3 is 5.32 Å². The SMILES string of the molecule is CNC1N=C(NC(C)C)N=C(C)N1S. The summed E-state index contributed by atoms with van der Waals surface area (Å²) in [7, 11) is 1.84. The van der Waals surface area contributed by atoms with Crippen molar-refractivity contribution in [2.45, 2.75) is 33.1 Å². The second-order valence-electron chi connectivity index (χ2n) is 3.42. The monoisotopic (exact) mass is 215 g/mol. The first-order chi connectivity index (χ1) is 6.54. The van der Waals surface area contributed by atoms with Crippen molar-refractivity contribution in [3.8, 4) is 0 Å². The van der Waals surface area contributed by atoms with E-state index in [1.54, 1.807) is 4.31 Å². The molecule has 0 saturated heterocycles. The number of hydrogen-bond acceptors (Lipinski definition) is 6. The van der Waals surface area contributed by atoms with Gasteiger partial charge in [0.25, 0.3) is 0 Å². The molecule has 1 aliphatic rings. The molecule has 2 N–H and O–H groups in total. The number of hydrogen-bond donors (Lipinski definition) is 3. The Balaban J connectivity index is 2.77. The molecule has 5 nitrogen and oxygen atoms in total. The zero-order chi connectivity index (χ0) is 10.7. The molecular formula is C8H17N5S. The van der Waals surface area contributed by atoms with E-state index in [1.165, 1.54) is 0 Å². The Morgan fingerprint density at radius 1 is 1.50 bits per heavy atom. The summed E-state index contributed by atoms with van der Waals surface area (Å²) in [6.45, 7) is 6.00. The largest absolute Gasteiger partial charge is 0.352 e. The van der Waals surface area contributed by atoms with E-state index in [4.69, 9.17) is 0 Å². The van der Waals surface area contributed by atoms with Crippen molar-refractivity contribution in [3.05, 3.63) is 0 Å². The maximum absolute atomic E-state index is 4.33. The second kappa shape index (κ2) is 4.65. The van der Waals surface area contributed by atoms with Gasteiger partial charge in [0.2, 0.25) is 5.96 Å². The summed E-state index contributed by atoms with van der Waals surface area (Å²) < 4.78 is 1.69. The van der Waals surface area contributed by atoms with Crippen molar-refractivity contribution >= 4 is 24.6 Å². The third-order valence-corrected chi connectivity index (χ3v) is 2.26. The van der Waals surface area contributed by atoms with Crippen LogP contribution in [0.1, 0.15) is 20.8 Å². The Labute approximate surface area is 90.2 Å². The Morgan fingerprint density at radius 2 is 2.14 bits per heavy atom. The lowest BCUT2D eigenvalue weighted by Crippen LogP contribution is -2.46. The first-order valence-electron chi connectivity index (χ1n) is 4.59. The summed E-state index contributed by atoms with van der Waals surface area (Å²) in [6, 6.07) is 0.328. The minimum absolute atomic E-state index is 0.155. The smallest absolute Gasteiger partial charge is 0.223 e. The van der Waals surface area contributed by atoms with Gasteiger partial charge in [0.05, 0.1) is 0 Å². The molecule has 0 fully saturated rings. The molecule has 0 saturated carbocycles. The van der Waals surface area contributed by atoms with Gasteiger partial charge in [-0.15, -0.1) is 0 Å². The summed E-state index contributed by atoms with van der Waals surface area (Å²) in [5.41, 5.74) is 0. The van der Waals surface area contributed by atoms with E-state index in [2.05, 4.69) is 47.3 Å². The highest BCUT2D eigenvalue weighted by Crippen LogP contribution is 2.09. The fourth-order valence-corrected chi connectivity index (χ4v) is 1.31. The fraction of sp³-hybridized carbons (Fsp3) is 0.750. The van der Waals surface area contributed by atoms with Crippen LogP contribution in [-0.2, 0) is 0 Å². The van der Waals surface area contributed by atoms with E-state index in [0.29, 0.717) is 12.0 Å². The summed E-state index contributed by atoms with van der Waals surface area (Å²) >= 11 is 4.27. The van der Waals surface area contributed by atoms with Crippen molar-refractivity contribution in [2.24, 2.45) is 9.98 Å². The van der Waals surface area contributed by atoms with Crippen LogP contribution in [0, 0.1) is 0 Å². The molecule has 0 spiro atoms. The number of amidine groups is 1. The highest BCUT2D eigenvalue weighted by Gasteiger charge is 2.19. The number of thiol groups is 1. The minimum atomic E-state index is -0.155. The van der Waals surface area contributed by atoms with Gasteiger partial charge in [-0.2, -0.15) is 4.99 Å². The van der Waals surface area contributed by atoms with Crippen LogP contribution in [0.2, 0.25) is 0 Å². The van der Waals surface area contributed by atoms with Gasteiger partial charge in [0.1, 0.15) is 5.84 Å². The van der Waals surface area contributed by atoms with Crippen LogP contribution in [0.25, 0.3) is 0 Å². The van der Waals surface area contributed by atoms with Gasteiger partial charge in [-0.05, 0) is 27.8 Å². The average molecular weight is 215 g/mol. The first kappa shape index (κ1) is 11.3. The van der Waals surface area contributed by atoms with Gasteiger partial charge in [-0.3, -0.25) is 9.62 Å². The zero-order valence-electron chi connectivity index (χ0n) is 8.94. The molecule has 0 aromatic rings. The maximum atomic E-state index is 4.33. The number of guanidine groups is 1. The lowest BCUT2D eigenvalue weighted by atomic mass is 10.4. The van der Waals surface area contributed by atoms with Gasteiger partial charge in [-0.1, -0.05) is 12.8 Å². The molecule has 0 radical (unpaired) electrons. The van der Waals surface area contributed by atoms with Crippen molar-refractivity contribution in [1.29, 1.82) is 0 Å². The van der Waals surface area contributed by atoms with Crippen molar-refractivity contribution in [1.82, 2.24) is 14.9 Å². The maximum Gasteiger partial charge on any atom is 0.223 e. The van der Waals surface area contributed by atoms with Gasteiger partial charge in [0.15, 0.2) is 6.29 Å². The Hall–Kier alpha value is -0.750. The molecule has 1 heterocycles. The standard InChI is InChI=1S/C8H17N5S/c1-5(2)10-7-11-6(3)13(14)8(9-4)12-7/h5,8-9,14H,1-4H3,(H,10,12). The van der Waals surface area contributed by atoms with E-state index in [0.717, 1.165) is 5.84 Å². The molecular weight excluding hydrogens is 198 g/mol. The van der Waals surface area contributed by atoms with Crippen LogP contribution in [0.4, 0.5) is 0 Å². The highest BCUT2D eigenvalue weighted by molar-refractivity contribution is 7.78. The van der Waals surface area contributed by atoms with E-state index in [9.17, 15) is 0 Å². The topological polar surface area (TPSA) is 52.0 Å². The van der Waals surface area contributed by atoms with Crippen LogP contribution < -0.4 is 10.6 Å². The van der Waals surface area contributed by atoms with Gasteiger partial charge in [0, 0.05) is 6.04 Å². The minimum Gasteiger partial charge on any atom is -0.352 e. The lowest BCUT2D eigenvalue weighted by Gasteiger charge is -2.28. The van der Waals surface area contributed by atoms with Crippen LogP contribution in [0.5, 0.6) is 0 Å². The molecule has 0 aromatic heterocycles. The molecule has 0 amide bonds. The molecule has 6 heteroatoms. The predicted octanol–water partition coefficient (Wildman–Crippen LogP) is 0.422. The zero-order valence-corrected chi connectivity index (χ0v) is 9.84. The second-order valence-corrected chi connectivity index (χ2v) is 3.85. The summed E-state index contributed by atoms with van der Waals surface area (Å²) in [5, 5.41) is 6.19. The highest BCUT2D eigenvalue weighted by atomic mass is 32.1. The quantitative estimate of drug-likeness (QED) is 0.585. The van der Waals surface area contributed by atoms with Crippen LogP contribution in [0.3, 0.4) is 0 Å². The fourth-order valence-electron chi connectivity index (χ4n) is 1.10. The number of nitrogens with one attached hydrogen (secondary N) is 2. The Morgan fingerprint density at radius 3 is 2.64 bits per heavy atom. The molecule has 1 aliphatic heterocycles. The van der Waals surface area contributed by atoms with Crippen molar-refractivity contribution in [2.75, 3.05) is 7.05 Å². The van der Waals surface area contributed by atoms with Gasteiger partial charge >= 0.3 is 0 Å². The molecule has 80 valence electrons. The van der Waals surface area contributed by atoms with E-state index in [-0.39, 0.29) is 6.29 Å². The van der Waals surface area contributed by atoms with Crippen LogP contribution >= 0.6 is 12.8 Å². The predicted molar refractivity (Wildman–Crippen MR) is 62.5 cm³/mol. The average Bonchev–Trinajstić information content (AvgIpc) is 2.10. The molecule has 0 bridgehead atoms. The van der Waals surface area contributed by atoms with E-state index >= 15 is 0 Å². The Bertz CT molecular complexity index is 260. The third-order valence-electron chi connectivity index (χ3n) is 1.75. The molecule has 0 aromatic carbocycles. The third kappa shape index (κ3) is 2.62. The van der Waals surface area contributed by atoms with Crippen molar-refractivity contribution < 1.29 is 0 Å². The van der Waals surface area contributed by atoms with E-state index < -0.39 is 0 Å². The van der Waals surface area contributed by atoms with E-state index in [1.807, 2.05) is 14.0 Å². The van der Waals surface area contributed by atoms with Crippen molar-refractivity contribution in [3.63, 3.8) is 0 Å². The summed E-state index contributed by atoms with van der Waals surface area (Å²) in [4.78, 5) is 8.59. The molecule has 14 heavy (non-hydrogen) atoms. The first-order valence-corrected chi connectivity index (χ1v) is 4.99. The normalized spacial score (nSPS) is 22.1. The van der Waals surface area contributed by atoms with Crippen LogP contribution in [-0.4, -0.2) is 35.5 Å². The molecule has 1 atom stereocenters. The molecule has 1 rings (SSSR count). The molecule has 0 aliphatic carbocycles. The number of aliphatic imine (C=N–C) groups is 2. The number of rotatable bonds is 2.